The Bertz CT molecular complexity index is 541. The highest BCUT2D eigenvalue weighted by molar-refractivity contribution is 7.92. The molecular weight excluding hydrogens is 264 g/mol. The van der Waals surface area contributed by atoms with E-state index in [4.69, 9.17) is 0 Å². The smallest absolute Gasteiger partial charge is 0.232 e. The molecule has 1 aromatic rings. The van der Waals surface area contributed by atoms with E-state index in [2.05, 4.69) is 4.72 Å². The molecule has 1 N–H and O–H groups in total. The first-order valence-corrected chi connectivity index (χ1v) is 7.86. The minimum Gasteiger partial charge on any atom is -0.314 e. The lowest BCUT2D eigenvalue weighted by atomic mass is 10.2. The van der Waals surface area contributed by atoms with Crippen molar-refractivity contribution in [2.24, 2.45) is 0 Å². The summed E-state index contributed by atoms with van der Waals surface area (Å²) in [5, 5.41) is 0. The monoisotopic (exact) mass is 284 g/mol. The summed E-state index contributed by atoms with van der Waals surface area (Å²) in [7, 11) is -1.75. The number of para-hydroxylation sites is 2. The molecule has 0 aromatic heterocycles. The van der Waals surface area contributed by atoms with Crippen LogP contribution >= 0.6 is 0 Å². The molecule has 0 aliphatic carbocycles. The number of benzene rings is 1. The summed E-state index contributed by atoms with van der Waals surface area (Å²) in [5.41, 5.74) is 0.978. The average molecular weight is 284 g/mol. The van der Waals surface area contributed by atoms with Gasteiger partial charge in [-0.05, 0) is 18.6 Å². The standard InChI is InChI=1S/C13H20N2O3S/c1-4-5-10-19(17,18)14-12-8-6-7-9-13(12)15(3)11(2)16/h6-9,14H,4-5,10H2,1-3H3. The van der Waals surface area contributed by atoms with Gasteiger partial charge in [0.15, 0.2) is 0 Å². The summed E-state index contributed by atoms with van der Waals surface area (Å²) in [4.78, 5) is 12.8. The first kappa shape index (κ1) is 15.5. The fourth-order valence-corrected chi connectivity index (χ4v) is 2.85. The number of carbonyl (C=O) groups is 1. The molecular formula is C13H20N2O3S. The van der Waals surface area contributed by atoms with Crippen LogP contribution in [0.1, 0.15) is 26.7 Å². The van der Waals surface area contributed by atoms with Crippen LogP contribution in [0.2, 0.25) is 0 Å². The Morgan fingerprint density at radius 1 is 1.32 bits per heavy atom. The van der Waals surface area contributed by atoms with E-state index in [9.17, 15) is 13.2 Å². The number of rotatable bonds is 6. The Hall–Kier alpha value is -1.56. The van der Waals surface area contributed by atoms with Gasteiger partial charge < -0.3 is 4.90 Å². The molecule has 0 saturated carbocycles. The predicted octanol–water partition coefficient (Wildman–Crippen LogP) is 2.21. The first-order chi connectivity index (χ1) is 8.87. The largest absolute Gasteiger partial charge is 0.314 e. The minimum atomic E-state index is -3.37. The van der Waals surface area contributed by atoms with Crippen LogP contribution in [-0.2, 0) is 14.8 Å². The maximum atomic E-state index is 11.9. The molecule has 19 heavy (non-hydrogen) atoms. The van der Waals surface area contributed by atoms with Crippen LogP contribution in [0.4, 0.5) is 11.4 Å². The lowest BCUT2D eigenvalue weighted by Gasteiger charge is -2.19. The van der Waals surface area contributed by atoms with E-state index in [1.165, 1.54) is 11.8 Å². The van der Waals surface area contributed by atoms with E-state index in [1.807, 2.05) is 6.92 Å². The summed E-state index contributed by atoms with van der Waals surface area (Å²) >= 11 is 0. The molecule has 1 amide bonds. The van der Waals surface area contributed by atoms with Gasteiger partial charge in [-0.15, -0.1) is 0 Å². The van der Waals surface area contributed by atoms with Crippen LogP contribution in [0, 0.1) is 0 Å². The van der Waals surface area contributed by atoms with E-state index in [-0.39, 0.29) is 11.7 Å². The predicted molar refractivity (Wildman–Crippen MR) is 77.8 cm³/mol. The van der Waals surface area contributed by atoms with Gasteiger partial charge in [0, 0.05) is 14.0 Å². The number of anilines is 2. The topological polar surface area (TPSA) is 66.5 Å². The lowest BCUT2D eigenvalue weighted by Crippen LogP contribution is -2.25. The molecule has 1 aromatic carbocycles. The van der Waals surface area contributed by atoms with Crippen LogP contribution < -0.4 is 9.62 Å². The highest BCUT2D eigenvalue weighted by Crippen LogP contribution is 2.25. The fraction of sp³-hybridized carbons (Fsp3) is 0.462. The second-order valence-electron chi connectivity index (χ2n) is 4.37. The van der Waals surface area contributed by atoms with Crippen LogP contribution in [0.25, 0.3) is 0 Å². The Morgan fingerprint density at radius 2 is 1.95 bits per heavy atom. The van der Waals surface area contributed by atoms with Crippen molar-refractivity contribution >= 4 is 27.3 Å². The van der Waals surface area contributed by atoms with E-state index in [0.29, 0.717) is 17.8 Å². The first-order valence-electron chi connectivity index (χ1n) is 6.21. The quantitative estimate of drug-likeness (QED) is 0.871. The van der Waals surface area contributed by atoms with Gasteiger partial charge >= 0.3 is 0 Å². The van der Waals surface area contributed by atoms with Crippen molar-refractivity contribution in [1.82, 2.24) is 0 Å². The Kier molecular flexibility index (Phi) is 5.35. The SMILES string of the molecule is CCCCS(=O)(=O)Nc1ccccc1N(C)C(C)=O. The van der Waals surface area contributed by atoms with Gasteiger partial charge in [-0.25, -0.2) is 8.42 Å². The molecule has 0 fully saturated rings. The van der Waals surface area contributed by atoms with Crippen molar-refractivity contribution in [3.8, 4) is 0 Å². The highest BCUT2D eigenvalue weighted by atomic mass is 32.2. The maximum absolute atomic E-state index is 11.9. The van der Waals surface area contributed by atoms with Crippen molar-refractivity contribution in [2.45, 2.75) is 26.7 Å². The third kappa shape index (κ3) is 4.55. The van der Waals surface area contributed by atoms with Crippen molar-refractivity contribution in [2.75, 3.05) is 22.4 Å². The summed E-state index contributed by atoms with van der Waals surface area (Å²) in [6, 6.07) is 6.85. The van der Waals surface area contributed by atoms with Crippen LogP contribution in [0.3, 0.4) is 0 Å². The molecule has 0 unspecified atom stereocenters. The van der Waals surface area contributed by atoms with Crippen LogP contribution in [-0.4, -0.2) is 27.1 Å². The molecule has 0 atom stereocenters. The molecule has 0 spiro atoms. The molecule has 5 nitrogen and oxygen atoms in total. The average Bonchev–Trinajstić information content (AvgIpc) is 2.35. The number of amides is 1. The van der Waals surface area contributed by atoms with Gasteiger partial charge in [-0.3, -0.25) is 9.52 Å². The fourth-order valence-electron chi connectivity index (χ4n) is 1.57. The number of hydrogen-bond acceptors (Lipinski definition) is 3. The summed E-state index contributed by atoms with van der Waals surface area (Å²) in [6.07, 6.45) is 1.43. The summed E-state index contributed by atoms with van der Waals surface area (Å²) in [5.74, 6) is -0.0676. The molecule has 0 saturated heterocycles. The third-order valence-corrected chi connectivity index (χ3v) is 4.13. The zero-order valence-electron chi connectivity index (χ0n) is 11.5. The number of unbranched alkanes of at least 4 members (excludes halogenated alkanes) is 1. The molecule has 0 aliphatic heterocycles. The zero-order chi connectivity index (χ0) is 14.5. The number of sulfonamides is 1. The molecule has 0 aliphatic rings. The van der Waals surface area contributed by atoms with Crippen molar-refractivity contribution < 1.29 is 13.2 Å². The molecule has 106 valence electrons. The van der Waals surface area contributed by atoms with E-state index in [1.54, 1.807) is 31.3 Å². The molecule has 6 heteroatoms. The van der Waals surface area contributed by atoms with E-state index in [0.717, 1.165) is 6.42 Å². The van der Waals surface area contributed by atoms with Gasteiger partial charge in [0.25, 0.3) is 0 Å². The summed E-state index contributed by atoms with van der Waals surface area (Å²) in [6.45, 7) is 3.37. The molecule has 0 bridgehead atoms. The molecule has 1 rings (SSSR count). The third-order valence-electron chi connectivity index (χ3n) is 2.77. The van der Waals surface area contributed by atoms with E-state index < -0.39 is 10.0 Å². The second-order valence-corrected chi connectivity index (χ2v) is 6.21. The van der Waals surface area contributed by atoms with E-state index >= 15 is 0 Å². The van der Waals surface area contributed by atoms with Gasteiger partial charge in [0.05, 0.1) is 17.1 Å². The van der Waals surface area contributed by atoms with Crippen molar-refractivity contribution in [3.63, 3.8) is 0 Å². The number of hydrogen-bond donors (Lipinski definition) is 1. The van der Waals surface area contributed by atoms with Crippen molar-refractivity contribution in [3.05, 3.63) is 24.3 Å². The Labute approximate surface area is 114 Å². The van der Waals surface area contributed by atoms with Gasteiger partial charge in [-0.2, -0.15) is 0 Å². The number of carbonyl (C=O) groups excluding carboxylic acids is 1. The van der Waals surface area contributed by atoms with Crippen LogP contribution in [0.5, 0.6) is 0 Å². The summed E-state index contributed by atoms with van der Waals surface area (Å²) < 4.78 is 26.3. The normalized spacial score (nSPS) is 11.1. The lowest BCUT2D eigenvalue weighted by molar-refractivity contribution is -0.116. The number of nitrogens with zero attached hydrogens (tertiary/aromatic N) is 1. The second kappa shape index (κ2) is 6.56. The molecule has 0 radical (unpaired) electrons. The zero-order valence-corrected chi connectivity index (χ0v) is 12.3. The van der Waals surface area contributed by atoms with Gasteiger partial charge in [0.1, 0.15) is 0 Å². The minimum absolute atomic E-state index is 0.0849. The maximum Gasteiger partial charge on any atom is 0.232 e. The van der Waals surface area contributed by atoms with Gasteiger partial charge in [-0.1, -0.05) is 25.5 Å². The van der Waals surface area contributed by atoms with Crippen LogP contribution in [0.15, 0.2) is 24.3 Å². The van der Waals surface area contributed by atoms with Gasteiger partial charge in [0.2, 0.25) is 15.9 Å². The highest BCUT2D eigenvalue weighted by Gasteiger charge is 2.15. The number of nitrogens with one attached hydrogen (secondary N) is 1. The van der Waals surface area contributed by atoms with Crippen molar-refractivity contribution in [1.29, 1.82) is 0 Å². The Balaban J connectivity index is 2.99. The Morgan fingerprint density at radius 3 is 2.53 bits per heavy atom. The molecule has 0 heterocycles.